The van der Waals surface area contributed by atoms with Crippen LogP contribution in [0, 0.1) is 5.92 Å². The quantitative estimate of drug-likeness (QED) is 0.621. The Morgan fingerprint density at radius 3 is 2.67 bits per heavy atom. The van der Waals surface area contributed by atoms with E-state index in [0.29, 0.717) is 12.6 Å². The van der Waals surface area contributed by atoms with E-state index in [4.69, 9.17) is 4.74 Å². The maximum atomic E-state index is 11.6. The third-order valence-corrected chi connectivity index (χ3v) is 4.68. The highest BCUT2D eigenvalue weighted by molar-refractivity contribution is 5.74. The molecular weight excluding hydrogens is 190 g/mol. The van der Waals surface area contributed by atoms with Crippen LogP contribution in [-0.4, -0.2) is 29.2 Å². The SMILES string of the molecule is C[C@@]1(C2CCCCC2)[C@H]2CCOC(=O)N21. The predicted molar refractivity (Wildman–Crippen MR) is 56.6 cm³/mol. The van der Waals surface area contributed by atoms with Gasteiger partial charge in [-0.25, -0.2) is 4.79 Å². The van der Waals surface area contributed by atoms with Crippen LogP contribution in [0.1, 0.15) is 45.4 Å². The molecule has 15 heavy (non-hydrogen) atoms. The molecule has 2 aliphatic heterocycles. The van der Waals surface area contributed by atoms with Crippen molar-refractivity contribution in [1.82, 2.24) is 4.90 Å². The summed E-state index contributed by atoms with van der Waals surface area (Å²) in [5.41, 5.74) is 0.147. The van der Waals surface area contributed by atoms with Gasteiger partial charge >= 0.3 is 6.09 Å². The minimum atomic E-state index is -0.0701. The van der Waals surface area contributed by atoms with Crippen LogP contribution in [0.4, 0.5) is 4.79 Å². The Labute approximate surface area is 90.8 Å². The number of hydrogen-bond acceptors (Lipinski definition) is 2. The number of fused-ring (bicyclic) bond motifs is 1. The molecular formula is C12H19NO2. The van der Waals surface area contributed by atoms with Gasteiger partial charge < -0.3 is 4.74 Å². The molecule has 0 aromatic rings. The van der Waals surface area contributed by atoms with E-state index >= 15 is 0 Å². The van der Waals surface area contributed by atoms with E-state index in [1.54, 1.807) is 0 Å². The first-order valence-electron chi connectivity index (χ1n) is 6.20. The van der Waals surface area contributed by atoms with Crippen LogP contribution in [0.25, 0.3) is 0 Å². The molecule has 0 spiro atoms. The number of nitrogens with zero attached hydrogens (tertiary/aromatic N) is 1. The molecule has 1 saturated carbocycles. The number of carbonyl (C=O) groups is 1. The number of carbonyl (C=O) groups excluding carboxylic acids is 1. The summed E-state index contributed by atoms with van der Waals surface area (Å²) < 4.78 is 5.11. The molecule has 2 saturated heterocycles. The van der Waals surface area contributed by atoms with Gasteiger partial charge in [-0.1, -0.05) is 19.3 Å². The number of cyclic esters (lactones) is 1. The molecule has 1 aliphatic carbocycles. The summed E-state index contributed by atoms with van der Waals surface area (Å²) in [7, 11) is 0. The molecule has 3 rings (SSSR count). The molecule has 3 fully saturated rings. The Morgan fingerprint density at radius 2 is 2.00 bits per heavy atom. The number of amides is 1. The first-order valence-corrected chi connectivity index (χ1v) is 6.20. The van der Waals surface area contributed by atoms with Crippen molar-refractivity contribution in [2.45, 2.75) is 57.0 Å². The van der Waals surface area contributed by atoms with E-state index in [1.807, 2.05) is 4.90 Å². The van der Waals surface area contributed by atoms with Crippen molar-refractivity contribution in [2.24, 2.45) is 5.92 Å². The van der Waals surface area contributed by atoms with Gasteiger partial charge in [0.05, 0.1) is 18.2 Å². The van der Waals surface area contributed by atoms with Crippen LogP contribution >= 0.6 is 0 Å². The molecule has 84 valence electrons. The summed E-state index contributed by atoms with van der Waals surface area (Å²) in [5, 5.41) is 0. The van der Waals surface area contributed by atoms with Crippen molar-refractivity contribution in [3.05, 3.63) is 0 Å². The molecule has 3 aliphatic rings. The summed E-state index contributed by atoms with van der Waals surface area (Å²) in [6.07, 6.45) is 7.64. The first-order chi connectivity index (χ1) is 7.24. The van der Waals surface area contributed by atoms with Crippen molar-refractivity contribution < 1.29 is 9.53 Å². The van der Waals surface area contributed by atoms with Gasteiger partial charge in [0.15, 0.2) is 0 Å². The van der Waals surface area contributed by atoms with Gasteiger partial charge in [0.1, 0.15) is 0 Å². The number of ether oxygens (including phenoxy) is 1. The zero-order chi connectivity index (χ0) is 10.5. The van der Waals surface area contributed by atoms with Crippen molar-refractivity contribution in [1.29, 1.82) is 0 Å². The minimum absolute atomic E-state index is 0.0701. The Bertz CT molecular complexity index is 285. The lowest BCUT2D eigenvalue weighted by Gasteiger charge is -2.27. The third-order valence-electron chi connectivity index (χ3n) is 4.68. The molecule has 0 N–H and O–H groups in total. The number of hydrogen-bond donors (Lipinski definition) is 0. The maximum Gasteiger partial charge on any atom is 0.410 e. The average Bonchev–Trinajstić information content (AvgIpc) is 2.89. The second-order valence-corrected chi connectivity index (χ2v) is 5.35. The lowest BCUT2D eigenvalue weighted by atomic mass is 9.78. The van der Waals surface area contributed by atoms with E-state index < -0.39 is 0 Å². The third kappa shape index (κ3) is 1.21. The molecule has 0 unspecified atom stereocenters. The minimum Gasteiger partial charge on any atom is -0.449 e. The van der Waals surface area contributed by atoms with Crippen molar-refractivity contribution in [2.75, 3.05) is 6.61 Å². The molecule has 1 amide bonds. The molecule has 2 atom stereocenters. The molecule has 0 aromatic carbocycles. The van der Waals surface area contributed by atoms with Crippen LogP contribution in [0.5, 0.6) is 0 Å². The van der Waals surface area contributed by atoms with Crippen molar-refractivity contribution >= 4 is 6.09 Å². The van der Waals surface area contributed by atoms with E-state index in [2.05, 4.69) is 6.92 Å². The van der Waals surface area contributed by atoms with Gasteiger partial charge in [0, 0.05) is 6.42 Å². The van der Waals surface area contributed by atoms with Gasteiger partial charge in [-0.05, 0) is 25.7 Å². The van der Waals surface area contributed by atoms with Gasteiger partial charge in [-0.2, -0.15) is 0 Å². The Kier molecular flexibility index (Phi) is 1.98. The standard InChI is InChI=1S/C12H19NO2/c1-12(9-5-3-2-4-6-9)10-7-8-15-11(14)13(10)12/h9-10H,2-8H2,1H3/t10-,12-,13?/m1/s1. The van der Waals surface area contributed by atoms with E-state index in [1.165, 1.54) is 32.1 Å². The molecule has 3 heteroatoms. The molecule has 0 radical (unpaired) electrons. The average molecular weight is 209 g/mol. The summed E-state index contributed by atoms with van der Waals surface area (Å²) in [4.78, 5) is 13.6. The zero-order valence-corrected chi connectivity index (χ0v) is 9.37. The van der Waals surface area contributed by atoms with E-state index in [0.717, 1.165) is 12.3 Å². The van der Waals surface area contributed by atoms with Crippen molar-refractivity contribution in [3.8, 4) is 0 Å². The van der Waals surface area contributed by atoms with Crippen LogP contribution in [-0.2, 0) is 4.74 Å². The van der Waals surface area contributed by atoms with Crippen LogP contribution in [0.15, 0.2) is 0 Å². The maximum absolute atomic E-state index is 11.6. The zero-order valence-electron chi connectivity index (χ0n) is 9.37. The van der Waals surface area contributed by atoms with Crippen LogP contribution in [0.3, 0.4) is 0 Å². The number of rotatable bonds is 1. The molecule has 2 heterocycles. The summed E-state index contributed by atoms with van der Waals surface area (Å²) in [6.45, 7) is 2.89. The van der Waals surface area contributed by atoms with Crippen LogP contribution in [0.2, 0.25) is 0 Å². The second kappa shape index (κ2) is 3.13. The highest BCUT2D eigenvalue weighted by Crippen LogP contribution is 2.54. The highest BCUT2D eigenvalue weighted by Gasteiger charge is 2.66. The monoisotopic (exact) mass is 209 g/mol. The normalized spacial score (nSPS) is 41.0. The lowest BCUT2D eigenvalue weighted by Crippen LogP contribution is -2.30. The fraction of sp³-hybridized carbons (Fsp3) is 0.917. The Hall–Kier alpha value is -0.730. The lowest BCUT2D eigenvalue weighted by molar-refractivity contribution is 0.104. The summed E-state index contributed by atoms with van der Waals surface area (Å²) in [6, 6.07) is 0.488. The summed E-state index contributed by atoms with van der Waals surface area (Å²) >= 11 is 0. The van der Waals surface area contributed by atoms with Gasteiger partial charge in [-0.3, -0.25) is 4.90 Å². The Balaban J connectivity index is 1.77. The van der Waals surface area contributed by atoms with Crippen molar-refractivity contribution in [3.63, 3.8) is 0 Å². The van der Waals surface area contributed by atoms with E-state index in [9.17, 15) is 4.79 Å². The fourth-order valence-electron chi connectivity index (χ4n) is 3.70. The van der Waals surface area contributed by atoms with Gasteiger partial charge in [-0.15, -0.1) is 0 Å². The van der Waals surface area contributed by atoms with Crippen LogP contribution < -0.4 is 0 Å². The van der Waals surface area contributed by atoms with Gasteiger partial charge in [0.2, 0.25) is 0 Å². The topological polar surface area (TPSA) is 29.3 Å². The fourth-order valence-corrected chi connectivity index (χ4v) is 3.70. The van der Waals surface area contributed by atoms with Gasteiger partial charge in [0.25, 0.3) is 0 Å². The summed E-state index contributed by atoms with van der Waals surface area (Å²) in [5.74, 6) is 0.724. The Morgan fingerprint density at radius 1 is 1.27 bits per heavy atom. The highest BCUT2D eigenvalue weighted by atomic mass is 16.6. The smallest absolute Gasteiger partial charge is 0.410 e. The van der Waals surface area contributed by atoms with E-state index in [-0.39, 0.29) is 11.6 Å². The molecule has 3 nitrogen and oxygen atoms in total. The first kappa shape index (κ1) is 9.49. The second-order valence-electron chi connectivity index (χ2n) is 5.35. The predicted octanol–water partition coefficient (Wildman–Crippen LogP) is 2.55. The largest absolute Gasteiger partial charge is 0.449 e. The molecule has 0 aromatic heterocycles. The molecule has 0 bridgehead atoms.